The maximum atomic E-state index is 11.7. The molecular weight excluding hydrogens is 148 g/mol. The average Bonchev–Trinajstić information content (AvgIpc) is 2.23. The van der Waals surface area contributed by atoms with E-state index in [9.17, 15) is 4.79 Å². The lowest BCUT2D eigenvalue weighted by Crippen LogP contribution is -2.13. The molecule has 0 aromatic rings. The molecule has 0 N–H and O–H groups in total. The summed E-state index contributed by atoms with van der Waals surface area (Å²) in [6.45, 7) is 12.8. The smallest absolute Gasteiger partial charge is 0.139 e. The average molecular weight is 168 g/mol. The summed E-state index contributed by atoms with van der Waals surface area (Å²) in [5, 5.41) is 0. The van der Waals surface area contributed by atoms with Crippen molar-refractivity contribution < 1.29 is 4.79 Å². The van der Waals surface area contributed by atoms with Crippen LogP contribution in [0.4, 0.5) is 0 Å². The van der Waals surface area contributed by atoms with Crippen molar-refractivity contribution in [2.45, 2.75) is 41.5 Å². The Morgan fingerprint density at radius 3 is 1.50 bits per heavy atom. The van der Waals surface area contributed by atoms with Crippen LogP contribution in [0.3, 0.4) is 0 Å². The molecule has 0 aromatic heterocycles. The molecule has 1 rings (SSSR count). The lowest BCUT2D eigenvalue weighted by atomic mass is 9.99. The molecule has 1 saturated carbocycles. The first-order valence-corrected chi connectivity index (χ1v) is 4.76. The van der Waals surface area contributed by atoms with Gasteiger partial charge in [-0.15, -0.1) is 0 Å². The lowest BCUT2D eigenvalue weighted by Gasteiger charge is -2.04. The Hall–Kier alpha value is -0.330. The SMILES string of the molecule is CC(C)C(=O)C1C(C)(C)C1(C)C. The fourth-order valence-corrected chi connectivity index (χ4v) is 2.24. The monoisotopic (exact) mass is 168 g/mol. The van der Waals surface area contributed by atoms with Crippen LogP contribution in [0.25, 0.3) is 0 Å². The number of hydrogen-bond acceptors (Lipinski definition) is 1. The number of carbonyl (C=O) groups excluding carboxylic acids is 1. The van der Waals surface area contributed by atoms with Crippen molar-refractivity contribution in [2.75, 3.05) is 0 Å². The van der Waals surface area contributed by atoms with Gasteiger partial charge in [-0.3, -0.25) is 4.79 Å². The molecule has 0 aromatic carbocycles. The topological polar surface area (TPSA) is 17.1 Å². The Balaban J connectivity index is 2.78. The summed E-state index contributed by atoms with van der Waals surface area (Å²) in [7, 11) is 0. The third-order valence-corrected chi connectivity index (χ3v) is 3.87. The fourth-order valence-electron chi connectivity index (χ4n) is 2.24. The zero-order chi connectivity index (χ0) is 9.73. The van der Waals surface area contributed by atoms with Crippen LogP contribution in [0.1, 0.15) is 41.5 Å². The maximum absolute atomic E-state index is 11.7. The minimum Gasteiger partial charge on any atom is -0.299 e. The number of rotatable bonds is 2. The number of Topliss-reactive ketones (excluding diaryl/α,β-unsaturated/α-hetero) is 1. The van der Waals surface area contributed by atoms with E-state index < -0.39 is 0 Å². The zero-order valence-corrected chi connectivity index (χ0v) is 9.06. The minimum atomic E-state index is 0.191. The Bertz CT molecular complexity index is 197. The van der Waals surface area contributed by atoms with E-state index in [4.69, 9.17) is 0 Å². The van der Waals surface area contributed by atoms with E-state index in [1.165, 1.54) is 0 Å². The molecular formula is C11H20O. The predicted molar refractivity (Wildman–Crippen MR) is 50.9 cm³/mol. The van der Waals surface area contributed by atoms with Gasteiger partial charge in [0.25, 0.3) is 0 Å². The minimum absolute atomic E-state index is 0.191. The van der Waals surface area contributed by atoms with Crippen molar-refractivity contribution in [3.63, 3.8) is 0 Å². The van der Waals surface area contributed by atoms with Gasteiger partial charge >= 0.3 is 0 Å². The molecule has 0 aliphatic heterocycles. The second-order valence-electron chi connectivity index (χ2n) is 5.43. The molecule has 0 atom stereocenters. The van der Waals surface area contributed by atoms with Crippen LogP contribution in [-0.4, -0.2) is 5.78 Å². The highest BCUT2D eigenvalue weighted by atomic mass is 16.1. The second kappa shape index (κ2) is 2.34. The van der Waals surface area contributed by atoms with Crippen molar-refractivity contribution in [3.05, 3.63) is 0 Å². The van der Waals surface area contributed by atoms with E-state index in [0.29, 0.717) is 5.78 Å². The summed E-state index contributed by atoms with van der Waals surface area (Å²) in [6.07, 6.45) is 0. The normalized spacial score (nSPS) is 25.9. The third-order valence-electron chi connectivity index (χ3n) is 3.87. The Kier molecular flexibility index (Phi) is 1.90. The summed E-state index contributed by atoms with van der Waals surface area (Å²) < 4.78 is 0. The fraction of sp³-hybridized carbons (Fsp3) is 0.909. The van der Waals surface area contributed by atoms with Gasteiger partial charge in [0.2, 0.25) is 0 Å². The van der Waals surface area contributed by atoms with Crippen LogP contribution in [0.5, 0.6) is 0 Å². The molecule has 1 nitrogen and oxygen atoms in total. The van der Waals surface area contributed by atoms with Gasteiger partial charge < -0.3 is 0 Å². The highest BCUT2D eigenvalue weighted by Crippen LogP contribution is 2.69. The molecule has 1 aliphatic carbocycles. The van der Waals surface area contributed by atoms with Crippen molar-refractivity contribution in [2.24, 2.45) is 22.7 Å². The number of carbonyl (C=O) groups is 1. The zero-order valence-electron chi connectivity index (χ0n) is 9.06. The Morgan fingerprint density at radius 1 is 1.08 bits per heavy atom. The van der Waals surface area contributed by atoms with Gasteiger partial charge in [-0.05, 0) is 10.8 Å². The van der Waals surface area contributed by atoms with Gasteiger partial charge in [-0.1, -0.05) is 41.5 Å². The van der Waals surface area contributed by atoms with Crippen LogP contribution in [0.15, 0.2) is 0 Å². The molecule has 70 valence electrons. The first-order chi connectivity index (χ1) is 5.23. The third kappa shape index (κ3) is 1.02. The van der Waals surface area contributed by atoms with Gasteiger partial charge in [-0.25, -0.2) is 0 Å². The second-order valence-corrected chi connectivity index (χ2v) is 5.43. The summed E-state index contributed by atoms with van der Waals surface area (Å²) >= 11 is 0. The van der Waals surface area contributed by atoms with Crippen LogP contribution < -0.4 is 0 Å². The molecule has 1 fully saturated rings. The Labute approximate surface area is 75.5 Å². The van der Waals surface area contributed by atoms with Crippen LogP contribution in [-0.2, 0) is 4.79 Å². The van der Waals surface area contributed by atoms with Crippen LogP contribution in [0.2, 0.25) is 0 Å². The molecule has 1 heteroatoms. The van der Waals surface area contributed by atoms with Crippen molar-refractivity contribution >= 4 is 5.78 Å². The molecule has 1 aliphatic rings. The molecule has 0 bridgehead atoms. The summed E-state index contributed by atoms with van der Waals surface area (Å²) in [5.41, 5.74) is 0.433. The molecule has 0 spiro atoms. The highest BCUT2D eigenvalue weighted by molar-refractivity contribution is 5.87. The van der Waals surface area contributed by atoms with E-state index in [1.54, 1.807) is 0 Å². The molecule has 0 heterocycles. The maximum Gasteiger partial charge on any atom is 0.139 e. The molecule has 0 unspecified atom stereocenters. The van der Waals surface area contributed by atoms with E-state index in [0.717, 1.165) is 0 Å². The Morgan fingerprint density at radius 2 is 1.42 bits per heavy atom. The van der Waals surface area contributed by atoms with Crippen molar-refractivity contribution in [3.8, 4) is 0 Å². The molecule has 12 heavy (non-hydrogen) atoms. The van der Waals surface area contributed by atoms with Crippen LogP contribution in [0, 0.1) is 22.7 Å². The lowest BCUT2D eigenvalue weighted by molar-refractivity contribution is -0.124. The van der Waals surface area contributed by atoms with E-state index in [-0.39, 0.29) is 22.7 Å². The first kappa shape index (κ1) is 9.76. The predicted octanol–water partition coefficient (Wildman–Crippen LogP) is 2.89. The van der Waals surface area contributed by atoms with E-state index >= 15 is 0 Å². The van der Waals surface area contributed by atoms with Gasteiger partial charge in [0.15, 0.2) is 0 Å². The number of ketones is 1. The summed E-state index contributed by atoms with van der Waals surface area (Å²) in [6, 6.07) is 0. The van der Waals surface area contributed by atoms with Crippen molar-refractivity contribution in [1.29, 1.82) is 0 Å². The largest absolute Gasteiger partial charge is 0.299 e. The number of hydrogen-bond donors (Lipinski definition) is 0. The highest BCUT2D eigenvalue weighted by Gasteiger charge is 2.67. The van der Waals surface area contributed by atoms with Gasteiger partial charge in [-0.2, -0.15) is 0 Å². The summed E-state index contributed by atoms with van der Waals surface area (Å²) in [4.78, 5) is 11.7. The first-order valence-electron chi connectivity index (χ1n) is 4.76. The van der Waals surface area contributed by atoms with Gasteiger partial charge in [0, 0.05) is 11.8 Å². The van der Waals surface area contributed by atoms with Crippen LogP contribution >= 0.6 is 0 Å². The van der Waals surface area contributed by atoms with Gasteiger partial charge in [0.1, 0.15) is 5.78 Å². The molecule has 0 saturated heterocycles. The summed E-state index contributed by atoms with van der Waals surface area (Å²) in [5.74, 6) is 0.908. The van der Waals surface area contributed by atoms with E-state index in [1.807, 2.05) is 13.8 Å². The molecule has 0 amide bonds. The molecule has 0 radical (unpaired) electrons. The standard InChI is InChI=1S/C11H20O/c1-7(2)8(12)9-10(3,4)11(9,5)6/h7,9H,1-6H3. The van der Waals surface area contributed by atoms with Gasteiger partial charge in [0.05, 0.1) is 0 Å². The quantitative estimate of drug-likeness (QED) is 0.619. The van der Waals surface area contributed by atoms with Crippen molar-refractivity contribution in [1.82, 2.24) is 0 Å². The van der Waals surface area contributed by atoms with E-state index in [2.05, 4.69) is 27.7 Å².